The molecule has 0 bridgehead atoms. The second-order valence-electron chi connectivity index (χ2n) is 11.0. The number of hydrogen-bond donors (Lipinski definition) is 1. The molecule has 9 nitrogen and oxygen atoms in total. The molecule has 0 saturated carbocycles. The van der Waals surface area contributed by atoms with E-state index >= 15 is 0 Å². The van der Waals surface area contributed by atoms with Crippen LogP contribution in [0.25, 0.3) is 0 Å². The summed E-state index contributed by atoms with van der Waals surface area (Å²) in [5, 5.41) is 2.98. The largest absolute Gasteiger partial charge is 0.497 e. The monoisotopic (exact) mass is 595 g/mol. The molecule has 0 unspecified atom stereocenters. The number of amides is 2. The number of nitrogens with zero attached hydrogens (tertiary/aromatic N) is 2. The summed E-state index contributed by atoms with van der Waals surface area (Å²) in [5.74, 6) is -0.0646. The Hall–Kier alpha value is -4.05. The smallest absolute Gasteiger partial charge is 0.264 e. The van der Waals surface area contributed by atoms with Gasteiger partial charge in [0.1, 0.15) is 24.1 Å². The van der Waals surface area contributed by atoms with Crippen molar-refractivity contribution in [1.82, 2.24) is 10.2 Å². The van der Waals surface area contributed by atoms with Gasteiger partial charge in [-0.15, -0.1) is 0 Å². The van der Waals surface area contributed by atoms with E-state index in [9.17, 15) is 18.0 Å². The minimum atomic E-state index is -4.25. The second-order valence-corrected chi connectivity index (χ2v) is 12.8. The maximum atomic E-state index is 14.3. The Balaban J connectivity index is 2.12. The highest BCUT2D eigenvalue weighted by molar-refractivity contribution is 7.92. The third-order valence-electron chi connectivity index (χ3n) is 6.77. The van der Waals surface area contributed by atoms with Crippen LogP contribution >= 0.6 is 0 Å². The van der Waals surface area contributed by atoms with Crippen LogP contribution in [0.15, 0.2) is 77.7 Å². The molecule has 0 fully saturated rings. The molecule has 3 aromatic carbocycles. The van der Waals surface area contributed by atoms with E-state index in [0.717, 1.165) is 15.4 Å². The van der Waals surface area contributed by atoms with Crippen LogP contribution < -0.4 is 19.1 Å². The van der Waals surface area contributed by atoms with E-state index in [0.29, 0.717) is 12.2 Å². The lowest BCUT2D eigenvalue weighted by molar-refractivity contribution is -0.141. The summed E-state index contributed by atoms with van der Waals surface area (Å²) < 4.78 is 39.9. The number of methoxy groups -OCH3 is 2. The van der Waals surface area contributed by atoms with Crippen molar-refractivity contribution in [2.75, 3.05) is 25.1 Å². The average molecular weight is 596 g/mol. The number of carbonyl (C=O) groups excluding carboxylic acids is 2. The van der Waals surface area contributed by atoms with Gasteiger partial charge in [0.05, 0.1) is 24.8 Å². The van der Waals surface area contributed by atoms with Crippen molar-refractivity contribution in [3.63, 3.8) is 0 Å². The SMILES string of the molecule is CC[C@H](C(=O)NC(C)(C)C)N(Cc1ccccc1C)C(=O)CN(c1ccccc1OC)S(=O)(=O)c1ccc(OC)cc1. The first-order valence-electron chi connectivity index (χ1n) is 13.8. The maximum absolute atomic E-state index is 14.3. The van der Waals surface area contributed by atoms with E-state index in [1.54, 1.807) is 36.4 Å². The quantitative estimate of drug-likeness (QED) is 0.318. The fourth-order valence-corrected chi connectivity index (χ4v) is 5.99. The maximum Gasteiger partial charge on any atom is 0.264 e. The van der Waals surface area contributed by atoms with Crippen LogP contribution in [0.4, 0.5) is 5.69 Å². The van der Waals surface area contributed by atoms with Gasteiger partial charge in [0.25, 0.3) is 10.0 Å². The Morgan fingerprint density at radius 2 is 1.52 bits per heavy atom. The number of benzene rings is 3. The van der Waals surface area contributed by atoms with Crippen LogP contribution in [-0.2, 0) is 26.2 Å². The molecule has 0 aliphatic rings. The highest BCUT2D eigenvalue weighted by Crippen LogP contribution is 2.33. The number of hydrogen-bond acceptors (Lipinski definition) is 6. The number of anilines is 1. The minimum Gasteiger partial charge on any atom is -0.497 e. The van der Waals surface area contributed by atoms with Crippen LogP contribution in [0.1, 0.15) is 45.2 Å². The lowest BCUT2D eigenvalue weighted by Gasteiger charge is -2.35. The molecule has 3 rings (SSSR count). The van der Waals surface area contributed by atoms with Gasteiger partial charge in [-0.25, -0.2) is 8.42 Å². The number of aryl methyl sites for hydroxylation is 1. The molecular formula is C32H41N3O6S. The highest BCUT2D eigenvalue weighted by Gasteiger charge is 2.35. The number of para-hydroxylation sites is 2. The van der Waals surface area contributed by atoms with E-state index in [1.165, 1.54) is 31.3 Å². The summed E-state index contributed by atoms with van der Waals surface area (Å²) in [7, 11) is -1.32. The number of sulfonamides is 1. The van der Waals surface area contributed by atoms with Gasteiger partial charge in [-0.1, -0.05) is 43.3 Å². The Labute approximate surface area is 249 Å². The Kier molecular flexibility index (Phi) is 10.6. The van der Waals surface area contributed by atoms with Crippen molar-refractivity contribution in [3.05, 3.63) is 83.9 Å². The molecule has 0 spiro atoms. The molecule has 0 aliphatic carbocycles. The number of ether oxygens (including phenoxy) is 2. The molecule has 0 aromatic heterocycles. The Morgan fingerprint density at radius 1 is 0.905 bits per heavy atom. The highest BCUT2D eigenvalue weighted by atomic mass is 32.2. The molecule has 0 heterocycles. The van der Waals surface area contributed by atoms with E-state index in [4.69, 9.17) is 9.47 Å². The third kappa shape index (κ3) is 7.82. The molecule has 0 aliphatic heterocycles. The first-order chi connectivity index (χ1) is 19.8. The first kappa shape index (κ1) is 32.5. The van der Waals surface area contributed by atoms with E-state index in [-0.39, 0.29) is 28.8 Å². The molecule has 2 amide bonds. The van der Waals surface area contributed by atoms with Crippen LogP contribution in [0.5, 0.6) is 11.5 Å². The standard InChI is InChI=1S/C32H41N3O6S/c1-8-27(31(37)33-32(3,4)5)34(21-24-14-10-9-13-23(24)2)30(36)22-35(28-15-11-12-16-29(28)41-7)42(38,39)26-19-17-25(40-6)18-20-26/h9-20,27H,8,21-22H2,1-7H3,(H,33,37)/t27-/m1/s1. The molecule has 226 valence electrons. The zero-order valence-electron chi connectivity index (χ0n) is 25.4. The fraction of sp³-hybridized carbons (Fsp3) is 0.375. The van der Waals surface area contributed by atoms with Crippen molar-refractivity contribution in [2.45, 2.75) is 64.1 Å². The van der Waals surface area contributed by atoms with Crippen molar-refractivity contribution < 1.29 is 27.5 Å². The lowest BCUT2D eigenvalue weighted by Crippen LogP contribution is -2.55. The Bertz CT molecular complexity index is 1480. The number of carbonyl (C=O) groups is 2. The molecule has 3 aromatic rings. The zero-order chi connectivity index (χ0) is 31.1. The van der Waals surface area contributed by atoms with Gasteiger partial charge in [0, 0.05) is 12.1 Å². The fourth-order valence-electron chi connectivity index (χ4n) is 4.57. The van der Waals surface area contributed by atoms with Crippen LogP contribution in [0, 0.1) is 6.92 Å². The van der Waals surface area contributed by atoms with Gasteiger partial charge in [-0.2, -0.15) is 0 Å². The molecule has 0 saturated heterocycles. The van der Waals surface area contributed by atoms with Crippen molar-refractivity contribution in [2.24, 2.45) is 0 Å². The van der Waals surface area contributed by atoms with E-state index in [2.05, 4.69) is 5.32 Å². The lowest BCUT2D eigenvalue weighted by atomic mass is 10.0. The second kappa shape index (κ2) is 13.7. The molecule has 42 heavy (non-hydrogen) atoms. The van der Waals surface area contributed by atoms with Crippen molar-refractivity contribution in [1.29, 1.82) is 0 Å². The van der Waals surface area contributed by atoms with Gasteiger partial charge >= 0.3 is 0 Å². The van der Waals surface area contributed by atoms with Gasteiger partial charge in [-0.3, -0.25) is 13.9 Å². The van der Waals surface area contributed by atoms with E-state index < -0.39 is 34.1 Å². The molecule has 1 N–H and O–H groups in total. The predicted octanol–water partition coefficient (Wildman–Crippen LogP) is 4.93. The summed E-state index contributed by atoms with van der Waals surface area (Å²) in [4.78, 5) is 29.2. The zero-order valence-corrected chi connectivity index (χ0v) is 26.2. The van der Waals surface area contributed by atoms with Gasteiger partial charge in [0.2, 0.25) is 11.8 Å². The average Bonchev–Trinajstić information content (AvgIpc) is 2.95. The number of rotatable bonds is 12. The molecule has 10 heteroatoms. The van der Waals surface area contributed by atoms with Gasteiger partial charge in [-0.05, 0) is 81.6 Å². The molecule has 1 atom stereocenters. The summed E-state index contributed by atoms with van der Waals surface area (Å²) in [6.45, 7) is 8.95. The van der Waals surface area contributed by atoms with Crippen molar-refractivity contribution >= 4 is 27.5 Å². The molecular weight excluding hydrogens is 554 g/mol. The summed E-state index contributed by atoms with van der Waals surface area (Å²) in [6.07, 6.45) is 0.333. The van der Waals surface area contributed by atoms with Gasteiger partial charge in [0.15, 0.2) is 0 Å². The van der Waals surface area contributed by atoms with Crippen LogP contribution in [-0.4, -0.2) is 57.5 Å². The first-order valence-corrected chi connectivity index (χ1v) is 15.2. The minimum absolute atomic E-state index is 0.0232. The third-order valence-corrected chi connectivity index (χ3v) is 8.54. The Morgan fingerprint density at radius 3 is 2.10 bits per heavy atom. The summed E-state index contributed by atoms with van der Waals surface area (Å²) in [5.41, 5.74) is 1.49. The normalized spacial score (nSPS) is 12.3. The van der Waals surface area contributed by atoms with Crippen LogP contribution in [0.2, 0.25) is 0 Å². The summed E-state index contributed by atoms with van der Waals surface area (Å²) >= 11 is 0. The predicted molar refractivity (Wildman–Crippen MR) is 164 cm³/mol. The topological polar surface area (TPSA) is 105 Å². The van der Waals surface area contributed by atoms with Crippen molar-refractivity contribution in [3.8, 4) is 11.5 Å². The number of nitrogens with one attached hydrogen (secondary N) is 1. The van der Waals surface area contributed by atoms with E-state index in [1.807, 2.05) is 58.9 Å². The van der Waals surface area contributed by atoms with Crippen LogP contribution in [0.3, 0.4) is 0 Å². The van der Waals surface area contributed by atoms with Gasteiger partial charge < -0.3 is 19.7 Å². The molecule has 0 radical (unpaired) electrons. The summed E-state index contributed by atoms with van der Waals surface area (Å²) in [6, 6.07) is 19.3.